The van der Waals surface area contributed by atoms with Gasteiger partial charge in [0.15, 0.2) is 0 Å². The predicted octanol–water partition coefficient (Wildman–Crippen LogP) is 3.23. The molecule has 2 aliphatic rings. The molecule has 0 saturated carbocycles. The Bertz CT molecular complexity index is 151. The molecule has 1 heteroatoms. The predicted molar refractivity (Wildman–Crippen MR) is 48.0 cm³/mol. The van der Waals surface area contributed by atoms with E-state index in [4.69, 9.17) is 0 Å². The van der Waals surface area contributed by atoms with Crippen molar-refractivity contribution in [3.05, 3.63) is 48.6 Å². The molecule has 0 radical (unpaired) electrons. The molecule has 0 spiro atoms. The summed E-state index contributed by atoms with van der Waals surface area (Å²) in [7, 11) is 0. The van der Waals surface area contributed by atoms with Gasteiger partial charge in [0.1, 0.15) is 0 Å². The van der Waals surface area contributed by atoms with Gasteiger partial charge in [-0.15, -0.1) is 0 Å². The molecule has 0 heterocycles. The summed E-state index contributed by atoms with van der Waals surface area (Å²) in [6.45, 7) is 0. The van der Waals surface area contributed by atoms with E-state index in [0.29, 0.717) is 0 Å². The first-order valence-corrected chi connectivity index (χ1v) is 3.63. The molecule has 0 bridgehead atoms. The third kappa shape index (κ3) is 6.06. The molecule has 11 heavy (non-hydrogen) atoms. The van der Waals surface area contributed by atoms with Gasteiger partial charge in [0.05, 0.1) is 0 Å². The van der Waals surface area contributed by atoms with Crippen LogP contribution in [0.4, 0.5) is 0 Å². The summed E-state index contributed by atoms with van der Waals surface area (Å²) in [6, 6.07) is 0. The average molecular weight is 318 g/mol. The first-order valence-electron chi connectivity index (χ1n) is 3.63. The maximum atomic E-state index is 2.12. The Morgan fingerprint density at radius 3 is 1.00 bits per heavy atom. The van der Waals surface area contributed by atoms with Crippen molar-refractivity contribution in [2.24, 2.45) is 0 Å². The van der Waals surface area contributed by atoms with E-state index in [-0.39, 0.29) is 23.9 Å². The zero-order valence-electron chi connectivity index (χ0n) is 8.44. The maximum absolute atomic E-state index is 2.12. The normalized spacial score (nSPS) is 16.0. The van der Waals surface area contributed by atoms with Gasteiger partial charge in [-0.3, -0.25) is 0 Å². The Morgan fingerprint density at radius 1 is 0.636 bits per heavy atom. The molecule has 0 amide bonds. The second kappa shape index (κ2) is 7.75. The van der Waals surface area contributed by atoms with Crippen LogP contribution in [0.3, 0.4) is 0 Å². The van der Waals surface area contributed by atoms with Crippen molar-refractivity contribution in [2.45, 2.75) is 12.8 Å². The van der Waals surface area contributed by atoms with Crippen LogP contribution in [-0.2, 0) is 21.1 Å². The van der Waals surface area contributed by atoms with Crippen LogP contribution in [0.25, 0.3) is 0 Å². The fraction of sp³-hybridized carbons (Fsp3) is 0.200. The largest absolute Gasteiger partial charge is 2.00 e. The van der Waals surface area contributed by atoms with Gasteiger partial charge in [-0.2, -0.15) is 0 Å². The number of allylic oxidation sites excluding steroid dienone is 8. The van der Waals surface area contributed by atoms with Crippen LogP contribution >= 0.6 is 0 Å². The molecule has 0 aromatic heterocycles. The molecular formula is C10H14W. The molecule has 0 atom stereocenters. The summed E-state index contributed by atoms with van der Waals surface area (Å²) in [6.07, 6.45) is 19.0. The Labute approximate surface area is 85.6 Å². The monoisotopic (exact) mass is 318 g/mol. The van der Waals surface area contributed by atoms with E-state index in [1.807, 2.05) is 0 Å². The van der Waals surface area contributed by atoms with Crippen molar-refractivity contribution in [3.8, 4) is 0 Å². The van der Waals surface area contributed by atoms with Gasteiger partial charge in [-0.25, -0.2) is 0 Å². The van der Waals surface area contributed by atoms with Crippen LogP contribution in [0.1, 0.15) is 15.7 Å². The summed E-state index contributed by atoms with van der Waals surface area (Å²) >= 11 is 0. The Hall–Kier alpha value is -0.352. The van der Waals surface area contributed by atoms with E-state index >= 15 is 0 Å². The molecule has 0 fully saturated rings. The van der Waals surface area contributed by atoms with Crippen molar-refractivity contribution >= 4 is 0 Å². The zero-order valence-corrected chi connectivity index (χ0v) is 9.37. The van der Waals surface area contributed by atoms with Crippen LogP contribution in [-0.4, -0.2) is 0 Å². The van der Waals surface area contributed by atoms with Gasteiger partial charge < -0.3 is 2.85 Å². The second-order valence-electron chi connectivity index (χ2n) is 2.18. The van der Waals surface area contributed by atoms with Gasteiger partial charge >= 0.3 is 21.1 Å². The molecule has 0 aliphatic heterocycles. The van der Waals surface area contributed by atoms with E-state index in [2.05, 4.69) is 48.6 Å². The van der Waals surface area contributed by atoms with Crippen molar-refractivity contribution in [2.75, 3.05) is 0 Å². The third-order valence-corrected chi connectivity index (χ3v) is 1.31. The van der Waals surface area contributed by atoms with Crippen LogP contribution in [0, 0.1) is 0 Å². The first-order chi connectivity index (χ1) is 5.00. The van der Waals surface area contributed by atoms with Crippen molar-refractivity contribution in [1.82, 2.24) is 0 Å². The molecule has 0 unspecified atom stereocenters. The fourth-order valence-corrected chi connectivity index (χ4v) is 0.786. The molecular weight excluding hydrogens is 304 g/mol. The summed E-state index contributed by atoms with van der Waals surface area (Å²) in [5.74, 6) is 0. The van der Waals surface area contributed by atoms with Crippen molar-refractivity contribution in [3.63, 3.8) is 0 Å². The van der Waals surface area contributed by atoms with Crippen LogP contribution in [0.15, 0.2) is 48.6 Å². The zero-order chi connectivity index (χ0) is 7.07. The minimum atomic E-state index is 0. The SMILES string of the molecule is C1=CCC=C1.C1=CCC=C1.[H-].[H-].[W+2]. The molecule has 0 aromatic carbocycles. The van der Waals surface area contributed by atoms with E-state index in [9.17, 15) is 0 Å². The van der Waals surface area contributed by atoms with Crippen molar-refractivity contribution in [1.29, 1.82) is 0 Å². The molecule has 2 rings (SSSR count). The van der Waals surface area contributed by atoms with Gasteiger partial charge in [0.25, 0.3) is 0 Å². The quantitative estimate of drug-likeness (QED) is 0.643. The summed E-state index contributed by atoms with van der Waals surface area (Å²) in [4.78, 5) is 0. The Balaban J connectivity index is -0.000000125. The van der Waals surface area contributed by atoms with E-state index in [1.54, 1.807) is 0 Å². The fourth-order valence-electron chi connectivity index (χ4n) is 0.786. The summed E-state index contributed by atoms with van der Waals surface area (Å²) < 4.78 is 0. The molecule has 0 saturated heterocycles. The number of hydrogen-bond donors (Lipinski definition) is 0. The van der Waals surface area contributed by atoms with E-state index < -0.39 is 0 Å². The van der Waals surface area contributed by atoms with Gasteiger partial charge in [-0.05, 0) is 12.8 Å². The molecule has 0 aromatic rings. The van der Waals surface area contributed by atoms with Crippen LogP contribution in [0.2, 0.25) is 0 Å². The second-order valence-corrected chi connectivity index (χ2v) is 2.18. The third-order valence-electron chi connectivity index (χ3n) is 1.31. The standard InChI is InChI=1S/2C5H6.W.2H/c2*1-2-4-5-3-1;;;/h2*1-4H,5H2;;;/q;;+2;2*-1. The molecule has 2 aliphatic carbocycles. The average Bonchev–Trinajstić information content (AvgIpc) is 2.67. The minimum absolute atomic E-state index is 0. The van der Waals surface area contributed by atoms with E-state index in [0.717, 1.165) is 12.8 Å². The Kier molecular flexibility index (Phi) is 7.50. The van der Waals surface area contributed by atoms with Crippen molar-refractivity contribution < 1.29 is 23.9 Å². The van der Waals surface area contributed by atoms with E-state index in [1.165, 1.54) is 0 Å². The van der Waals surface area contributed by atoms with Gasteiger partial charge in [0, 0.05) is 0 Å². The van der Waals surface area contributed by atoms with Gasteiger partial charge in [-0.1, -0.05) is 48.6 Å². The summed E-state index contributed by atoms with van der Waals surface area (Å²) in [5, 5.41) is 0. The first kappa shape index (κ1) is 10.6. The number of hydrogen-bond acceptors (Lipinski definition) is 0. The molecule has 0 N–H and O–H groups in total. The topological polar surface area (TPSA) is 0 Å². The van der Waals surface area contributed by atoms with Gasteiger partial charge in [0.2, 0.25) is 0 Å². The smallest absolute Gasteiger partial charge is 1.00 e. The summed E-state index contributed by atoms with van der Waals surface area (Å²) in [5.41, 5.74) is 0. The molecule has 0 nitrogen and oxygen atoms in total. The number of rotatable bonds is 0. The van der Waals surface area contributed by atoms with Crippen LogP contribution < -0.4 is 0 Å². The molecule has 60 valence electrons. The maximum Gasteiger partial charge on any atom is 2.00 e. The Morgan fingerprint density at radius 2 is 0.909 bits per heavy atom. The minimum Gasteiger partial charge on any atom is -1.00 e. The van der Waals surface area contributed by atoms with Crippen LogP contribution in [0.5, 0.6) is 0 Å².